The van der Waals surface area contributed by atoms with Crippen molar-refractivity contribution in [2.45, 2.75) is 27.3 Å². The minimum atomic E-state index is 0. The number of quaternary nitrogens is 1. The van der Waals surface area contributed by atoms with Gasteiger partial charge in [0, 0.05) is 5.56 Å². The third kappa shape index (κ3) is 5.41. The minimum Gasteiger partial charge on any atom is -2.00 e. The molecule has 0 N–H and O–H groups in total. The molecule has 16 heavy (non-hydrogen) atoms. The van der Waals surface area contributed by atoms with Crippen LogP contribution in [-0.2, 0) is 12.0 Å². The molecule has 0 heterocycles. The van der Waals surface area contributed by atoms with Crippen LogP contribution in [-0.4, -0.2) is 24.1 Å². The Bertz CT molecular complexity index is 252. The molecule has 0 aromatic heterocycles. The van der Waals surface area contributed by atoms with Crippen LogP contribution < -0.4 is 51.4 Å². The molecular weight excluding hydrogens is 225 g/mol. The standard InChI is InChI=1S/C13H22N.K.O/c1-4-14(5-2,6-3)12-13-10-8-7-9-11-13;;/h7-11H,4-6,12H2,1-3H3;;/q2*+1;-2. The largest absolute Gasteiger partial charge is 2.00 e. The van der Waals surface area contributed by atoms with Gasteiger partial charge in [-0.15, -0.1) is 0 Å². The maximum atomic E-state index is 2.29. The van der Waals surface area contributed by atoms with E-state index >= 15 is 0 Å². The molecule has 3 heteroatoms. The summed E-state index contributed by atoms with van der Waals surface area (Å²) < 4.78 is 1.20. The van der Waals surface area contributed by atoms with Gasteiger partial charge >= 0.3 is 51.4 Å². The fraction of sp³-hybridized carbons (Fsp3) is 0.538. The fourth-order valence-corrected chi connectivity index (χ4v) is 1.98. The molecule has 0 saturated carbocycles. The molecule has 0 aliphatic heterocycles. The van der Waals surface area contributed by atoms with Crippen LogP contribution in [0.2, 0.25) is 0 Å². The molecule has 1 aromatic rings. The Kier molecular flexibility index (Phi) is 11.7. The molecule has 0 atom stereocenters. The average molecular weight is 247 g/mol. The smallest absolute Gasteiger partial charge is 1.00 e. The van der Waals surface area contributed by atoms with Gasteiger partial charge in [-0.2, -0.15) is 0 Å². The molecule has 0 aliphatic carbocycles. The van der Waals surface area contributed by atoms with Crippen molar-refractivity contribution in [1.82, 2.24) is 0 Å². The molecule has 2 nitrogen and oxygen atoms in total. The molecule has 0 fully saturated rings. The zero-order valence-electron chi connectivity index (χ0n) is 11.1. The van der Waals surface area contributed by atoms with Gasteiger partial charge in [-0.05, 0) is 20.8 Å². The van der Waals surface area contributed by atoms with Crippen LogP contribution in [0.1, 0.15) is 26.3 Å². The van der Waals surface area contributed by atoms with Gasteiger partial charge in [0.05, 0.1) is 19.6 Å². The molecule has 1 aromatic carbocycles. The van der Waals surface area contributed by atoms with E-state index in [1.807, 2.05) is 0 Å². The summed E-state index contributed by atoms with van der Waals surface area (Å²) in [5.41, 5.74) is 1.46. The number of hydrogen-bond donors (Lipinski definition) is 0. The van der Waals surface area contributed by atoms with Gasteiger partial charge < -0.3 is 9.96 Å². The van der Waals surface area contributed by atoms with Gasteiger partial charge in [0.25, 0.3) is 0 Å². The summed E-state index contributed by atoms with van der Waals surface area (Å²) in [5, 5.41) is 0. The molecule has 1 rings (SSSR count). The second kappa shape index (κ2) is 9.77. The molecule has 0 spiro atoms. The Balaban J connectivity index is 0. The fourth-order valence-electron chi connectivity index (χ4n) is 1.98. The van der Waals surface area contributed by atoms with Gasteiger partial charge in [0.2, 0.25) is 0 Å². The third-order valence-corrected chi connectivity index (χ3v) is 3.37. The summed E-state index contributed by atoms with van der Waals surface area (Å²) in [6.07, 6.45) is 0. The van der Waals surface area contributed by atoms with Crippen molar-refractivity contribution in [3.8, 4) is 0 Å². The van der Waals surface area contributed by atoms with Crippen molar-refractivity contribution in [3.63, 3.8) is 0 Å². The molecule has 0 unspecified atom stereocenters. The van der Waals surface area contributed by atoms with E-state index in [0.717, 1.165) is 0 Å². The first-order chi connectivity index (χ1) is 6.76. The van der Waals surface area contributed by atoms with E-state index in [1.54, 1.807) is 0 Å². The minimum absolute atomic E-state index is 0. The van der Waals surface area contributed by atoms with Gasteiger partial charge in [0.15, 0.2) is 0 Å². The summed E-state index contributed by atoms with van der Waals surface area (Å²) in [4.78, 5) is 0. The van der Waals surface area contributed by atoms with E-state index in [9.17, 15) is 0 Å². The van der Waals surface area contributed by atoms with Crippen molar-refractivity contribution in [1.29, 1.82) is 0 Å². The van der Waals surface area contributed by atoms with Crippen LogP contribution >= 0.6 is 0 Å². The predicted octanol–water partition coefficient (Wildman–Crippen LogP) is -0.0517. The Morgan fingerprint density at radius 3 is 1.69 bits per heavy atom. The second-order valence-corrected chi connectivity index (χ2v) is 3.93. The maximum absolute atomic E-state index is 2.29. The third-order valence-electron chi connectivity index (χ3n) is 3.37. The van der Waals surface area contributed by atoms with Crippen molar-refractivity contribution < 1.29 is 61.3 Å². The number of rotatable bonds is 5. The number of nitrogens with zero attached hydrogens (tertiary/aromatic N) is 1. The maximum Gasteiger partial charge on any atom is 1.00 e. The Hall–Kier alpha value is 0.776. The molecular formula is C13H22KNO. The van der Waals surface area contributed by atoms with Gasteiger partial charge in [-0.25, -0.2) is 0 Å². The second-order valence-electron chi connectivity index (χ2n) is 3.93. The number of benzene rings is 1. The first-order valence-electron chi connectivity index (χ1n) is 5.65. The van der Waals surface area contributed by atoms with E-state index in [1.165, 1.54) is 36.2 Å². The quantitative estimate of drug-likeness (QED) is 0.516. The van der Waals surface area contributed by atoms with E-state index in [-0.39, 0.29) is 56.9 Å². The Morgan fingerprint density at radius 1 is 0.875 bits per heavy atom. The average Bonchev–Trinajstić information content (AvgIpc) is 2.28. The van der Waals surface area contributed by atoms with Gasteiger partial charge in [0.1, 0.15) is 6.54 Å². The molecule has 0 saturated heterocycles. The van der Waals surface area contributed by atoms with E-state index in [2.05, 4.69) is 51.1 Å². The number of hydrogen-bond acceptors (Lipinski definition) is 0. The molecule has 0 radical (unpaired) electrons. The van der Waals surface area contributed by atoms with Crippen LogP contribution in [0.4, 0.5) is 0 Å². The SMILES string of the molecule is CC[N+](CC)(CC)Cc1ccccc1.[K+].[O-2]. The van der Waals surface area contributed by atoms with E-state index < -0.39 is 0 Å². The molecule has 0 bridgehead atoms. The first kappa shape index (κ1) is 19.1. The van der Waals surface area contributed by atoms with Gasteiger partial charge in [-0.1, -0.05) is 30.3 Å². The Morgan fingerprint density at radius 2 is 1.31 bits per heavy atom. The van der Waals surface area contributed by atoms with Crippen LogP contribution in [0.3, 0.4) is 0 Å². The van der Waals surface area contributed by atoms with Crippen LogP contribution in [0.5, 0.6) is 0 Å². The summed E-state index contributed by atoms with van der Waals surface area (Å²) in [6, 6.07) is 10.8. The van der Waals surface area contributed by atoms with E-state index in [0.29, 0.717) is 0 Å². The molecule has 0 aliphatic rings. The van der Waals surface area contributed by atoms with Crippen LogP contribution in [0, 0.1) is 0 Å². The predicted molar refractivity (Wildman–Crippen MR) is 62.7 cm³/mol. The zero-order valence-corrected chi connectivity index (χ0v) is 14.2. The van der Waals surface area contributed by atoms with Crippen molar-refractivity contribution >= 4 is 0 Å². The normalized spacial score (nSPS) is 10.2. The van der Waals surface area contributed by atoms with Crippen LogP contribution in [0.15, 0.2) is 30.3 Å². The molecule has 0 amide bonds. The first-order valence-corrected chi connectivity index (χ1v) is 5.65. The van der Waals surface area contributed by atoms with Crippen molar-refractivity contribution in [2.24, 2.45) is 0 Å². The summed E-state index contributed by atoms with van der Waals surface area (Å²) in [5.74, 6) is 0. The summed E-state index contributed by atoms with van der Waals surface area (Å²) in [7, 11) is 0. The topological polar surface area (TPSA) is 28.5 Å². The Labute approximate surface area is 142 Å². The van der Waals surface area contributed by atoms with E-state index in [4.69, 9.17) is 0 Å². The van der Waals surface area contributed by atoms with Crippen molar-refractivity contribution in [2.75, 3.05) is 19.6 Å². The monoisotopic (exact) mass is 247 g/mol. The zero-order chi connectivity index (χ0) is 10.4. The molecule has 86 valence electrons. The van der Waals surface area contributed by atoms with Gasteiger partial charge in [-0.3, -0.25) is 0 Å². The van der Waals surface area contributed by atoms with Crippen LogP contribution in [0.25, 0.3) is 0 Å². The summed E-state index contributed by atoms with van der Waals surface area (Å²) in [6.45, 7) is 11.7. The van der Waals surface area contributed by atoms with Crippen molar-refractivity contribution in [3.05, 3.63) is 35.9 Å². The summed E-state index contributed by atoms with van der Waals surface area (Å²) >= 11 is 0.